The molecule has 3 aromatic rings. The van der Waals surface area contributed by atoms with Gasteiger partial charge >= 0.3 is 5.97 Å². The largest absolute Gasteiger partial charge is 0.493 e. The van der Waals surface area contributed by atoms with Gasteiger partial charge in [-0.05, 0) is 37.1 Å². The van der Waals surface area contributed by atoms with Crippen LogP contribution in [0.5, 0.6) is 11.5 Å². The van der Waals surface area contributed by atoms with Gasteiger partial charge in [-0.2, -0.15) is 0 Å². The fraction of sp³-hybridized carbons (Fsp3) is 0.360. The molecule has 184 valence electrons. The maximum atomic E-state index is 13.0. The first-order chi connectivity index (χ1) is 17.0. The van der Waals surface area contributed by atoms with Crippen molar-refractivity contribution in [3.05, 3.63) is 52.9 Å². The first-order valence-electron chi connectivity index (χ1n) is 11.3. The molecule has 1 heterocycles. The van der Waals surface area contributed by atoms with E-state index < -0.39 is 5.97 Å². The van der Waals surface area contributed by atoms with Gasteiger partial charge < -0.3 is 23.9 Å². The van der Waals surface area contributed by atoms with Crippen LogP contribution in [-0.2, 0) is 16.1 Å². The molecule has 1 N–H and O–H groups in total. The van der Waals surface area contributed by atoms with Crippen LogP contribution in [0.15, 0.2) is 40.8 Å². The van der Waals surface area contributed by atoms with E-state index in [0.717, 1.165) is 32.1 Å². The van der Waals surface area contributed by atoms with E-state index in [-0.39, 0.29) is 41.5 Å². The molecule has 0 spiro atoms. The fourth-order valence-corrected chi connectivity index (χ4v) is 4.10. The molecule has 1 fully saturated rings. The van der Waals surface area contributed by atoms with Crippen molar-refractivity contribution in [2.75, 3.05) is 19.5 Å². The van der Waals surface area contributed by atoms with Crippen LogP contribution >= 0.6 is 11.6 Å². The Balaban J connectivity index is 1.50. The summed E-state index contributed by atoms with van der Waals surface area (Å²) >= 11 is 5.91. The number of halogens is 1. The van der Waals surface area contributed by atoms with Gasteiger partial charge in [-0.15, -0.1) is 10.2 Å². The number of nitrogens with zero attached hydrogens (tertiary/aromatic N) is 2. The van der Waals surface area contributed by atoms with E-state index in [1.54, 1.807) is 30.3 Å². The lowest BCUT2D eigenvalue weighted by Crippen LogP contribution is -2.26. The van der Waals surface area contributed by atoms with Gasteiger partial charge in [0.05, 0.1) is 25.5 Å². The molecule has 1 saturated carbocycles. The molecule has 1 aliphatic rings. The molecule has 4 rings (SSSR count). The van der Waals surface area contributed by atoms with Crippen molar-refractivity contribution >= 4 is 29.2 Å². The molecule has 0 saturated heterocycles. The lowest BCUT2D eigenvalue weighted by molar-refractivity contribution is -0.120. The number of carbonyl (C=O) groups is 2. The summed E-state index contributed by atoms with van der Waals surface area (Å²) in [4.78, 5) is 25.9. The standard InChI is InChI=1S/C25H26ClN3O6/c1-32-20-12-18(19(13-21(20)33-2)27-23(30)15-6-4-3-5-7-15)25(31)34-14-22-28-29-24(35-22)16-8-10-17(26)11-9-16/h8-13,15H,3-7,14H2,1-2H3,(H,27,30). The van der Waals surface area contributed by atoms with Gasteiger partial charge in [0, 0.05) is 28.6 Å². The Morgan fingerprint density at radius 1 is 1.03 bits per heavy atom. The van der Waals surface area contributed by atoms with Crippen LogP contribution in [0.4, 0.5) is 5.69 Å². The van der Waals surface area contributed by atoms with E-state index in [2.05, 4.69) is 15.5 Å². The van der Waals surface area contributed by atoms with Crippen molar-refractivity contribution in [2.45, 2.75) is 38.7 Å². The molecule has 10 heteroatoms. The Morgan fingerprint density at radius 3 is 2.40 bits per heavy atom. The number of hydrogen-bond acceptors (Lipinski definition) is 8. The Bertz CT molecular complexity index is 1190. The summed E-state index contributed by atoms with van der Waals surface area (Å²) in [5.41, 5.74) is 1.10. The van der Waals surface area contributed by atoms with Crippen LogP contribution < -0.4 is 14.8 Å². The van der Waals surface area contributed by atoms with E-state index >= 15 is 0 Å². The fourth-order valence-electron chi connectivity index (χ4n) is 3.98. The summed E-state index contributed by atoms with van der Waals surface area (Å²) in [5.74, 6) is 0.207. The number of anilines is 1. The summed E-state index contributed by atoms with van der Waals surface area (Å²) in [7, 11) is 2.94. The predicted octanol–water partition coefficient (Wildman–Crippen LogP) is 5.28. The molecule has 0 atom stereocenters. The SMILES string of the molecule is COc1cc(NC(=O)C2CCCCC2)c(C(=O)OCc2nnc(-c3ccc(Cl)cc3)o2)cc1OC. The lowest BCUT2D eigenvalue weighted by Gasteiger charge is -2.22. The third kappa shape index (κ3) is 5.92. The maximum absolute atomic E-state index is 13.0. The van der Waals surface area contributed by atoms with Crippen LogP contribution in [0.25, 0.3) is 11.5 Å². The summed E-state index contributed by atoms with van der Waals surface area (Å²) in [6, 6.07) is 9.95. The Morgan fingerprint density at radius 2 is 1.71 bits per heavy atom. The molecule has 0 aliphatic heterocycles. The molecule has 0 radical (unpaired) electrons. The van der Waals surface area contributed by atoms with Gasteiger partial charge in [0.25, 0.3) is 5.89 Å². The number of nitrogens with one attached hydrogen (secondary N) is 1. The van der Waals surface area contributed by atoms with Crippen molar-refractivity contribution in [2.24, 2.45) is 5.92 Å². The van der Waals surface area contributed by atoms with Gasteiger partial charge in [0.2, 0.25) is 11.8 Å². The minimum Gasteiger partial charge on any atom is -0.493 e. The minimum atomic E-state index is -0.684. The first-order valence-corrected chi connectivity index (χ1v) is 11.7. The number of aromatic nitrogens is 2. The average Bonchev–Trinajstić information content (AvgIpc) is 3.37. The van der Waals surface area contributed by atoms with Crippen LogP contribution in [0, 0.1) is 5.92 Å². The number of hydrogen-bond donors (Lipinski definition) is 1. The Labute approximate surface area is 207 Å². The number of esters is 1. The van der Waals surface area contributed by atoms with Gasteiger partial charge in [0.1, 0.15) is 0 Å². The highest BCUT2D eigenvalue weighted by atomic mass is 35.5. The van der Waals surface area contributed by atoms with Crippen LogP contribution in [0.1, 0.15) is 48.4 Å². The van der Waals surface area contributed by atoms with Gasteiger partial charge in [0.15, 0.2) is 18.1 Å². The molecule has 1 aromatic heterocycles. The Kier molecular flexibility index (Phi) is 7.87. The van der Waals surface area contributed by atoms with Gasteiger partial charge in [-0.25, -0.2) is 4.79 Å². The molecule has 2 aromatic carbocycles. The molecule has 9 nitrogen and oxygen atoms in total. The number of amides is 1. The van der Waals surface area contributed by atoms with E-state index in [9.17, 15) is 9.59 Å². The highest BCUT2D eigenvalue weighted by Gasteiger charge is 2.25. The van der Waals surface area contributed by atoms with Crippen LogP contribution in [0.2, 0.25) is 5.02 Å². The topological polar surface area (TPSA) is 113 Å². The van der Waals surface area contributed by atoms with E-state index in [0.29, 0.717) is 22.1 Å². The zero-order valence-electron chi connectivity index (χ0n) is 19.5. The quantitative estimate of drug-likeness (QED) is 0.416. The van der Waals surface area contributed by atoms with Crippen molar-refractivity contribution in [1.29, 1.82) is 0 Å². The van der Waals surface area contributed by atoms with Crippen LogP contribution in [0.3, 0.4) is 0 Å². The minimum absolute atomic E-state index is 0.0922. The van der Waals surface area contributed by atoms with Crippen molar-refractivity contribution in [3.63, 3.8) is 0 Å². The van der Waals surface area contributed by atoms with Crippen molar-refractivity contribution in [1.82, 2.24) is 10.2 Å². The second kappa shape index (κ2) is 11.2. The highest BCUT2D eigenvalue weighted by molar-refractivity contribution is 6.30. The van der Waals surface area contributed by atoms with Gasteiger partial charge in [-0.1, -0.05) is 30.9 Å². The third-order valence-electron chi connectivity index (χ3n) is 5.86. The van der Waals surface area contributed by atoms with Crippen molar-refractivity contribution < 1.29 is 28.2 Å². The molecule has 0 unspecified atom stereocenters. The summed E-state index contributed by atoms with van der Waals surface area (Å²) < 4.78 is 21.7. The molecule has 35 heavy (non-hydrogen) atoms. The lowest BCUT2D eigenvalue weighted by atomic mass is 9.88. The molecular weight excluding hydrogens is 474 g/mol. The average molecular weight is 500 g/mol. The van der Waals surface area contributed by atoms with E-state index in [1.807, 2.05) is 0 Å². The Hall–Kier alpha value is -3.59. The second-order valence-electron chi connectivity index (χ2n) is 8.16. The smallest absolute Gasteiger partial charge is 0.340 e. The number of carbonyl (C=O) groups excluding carboxylic acids is 2. The van der Waals surface area contributed by atoms with E-state index in [4.69, 9.17) is 30.2 Å². The molecular formula is C25H26ClN3O6. The second-order valence-corrected chi connectivity index (χ2v) is 8.60. The highest BCUT2D eigenvalue weighted by Crippen LogP contribution is 2.35. The zero-order chi connectivity index (χ0) is 24.8. The summed E-state index contributed by atoms with van der Waals surface area (Å²) in [5, 5.41) is 11.4. The zero-order valence-corrected chi connectivity index (χ0v) is 20.3. The number of ether oxygens (including phenoxy) is 3. The first kappa shape index (κ1) is 24.5. The predicted molar refractivity (Wildman–Crippen MR) is 129 cm³/mol. The normalized spacial score (nSPS) is 13.8. The maximum Gasteiger partial charge on any atom is 0.340 e. The third-order valence-corrected chi connectivity index (χ3v) is 6.11. The van der Waals surface area contributed by atoms with Crippen molar-refractivity contribution in [3.8, 4) is 23.0 Å². The number of methoxy groups -OCH3 is 2. The molecule has 0 bridgehead atoms. The van der Waals surface area contributed by atoms with Crippen LogP contribution in [-0.4, -0.2) is 36.3 Å². The molecule has 1 amide bonds. The monoisotopic (exact) mass is 499 g/mol. The van der Waals surface area contributed by atoms with Gasteiger partial charge in [-0.3, -0.25) is 4.79 Å². The molecule has 1 aliphatic carbocycles. The summed E-state index contributed by atoms with van der Waals surface area (Å²) in [6.45, 7) is -0.246. The number of benzene rings is 2. The summed E-state index contributed by atoms with van der Waals surface area (Å²) in [6.07, 6.45) is 4.81. The van der Waals surface area contributed by atoms with E-state index in [1.165, 1.54) is 20.3 Å². The number of rotatable bonds is 8.